The van der Waals surface area contributed by atoms with Gasteiger partial charge in [-0.15, -0.1) is 0 Å². The zero-order valence-electron chi connectivity index (χ0n) is 10.6. The minimum atomic E-state index is -0.0884. The Balaban J connectivity index is 3.17. The van der Waals surface area contributed by atoms with Gasteiger partial charge in [0.05, 0.1) is 5.69 Å². The van der Waals surface area contributed by atoms with Gasteiger partial charge in [0.1, 0.15) is 5.84 Å². The van der Waals surface area contributed by atoms with E-state index >= 15 is 0 Å². The van der Waals surface area contributed by atoms with E-state index in [1.54, 1.807) is 0 Å². The van der Waals surface area contributed by atoms with Gasteiger partial charge < -0.3 is 5.73 Å². The van der Waals surface area contributed by atoms with Gasteiger partial charge in [0.2, 0.25) is 0 Å². The average Bonchev–Trinajstić information content (AvgIpc) is 2.12. The maximum absolute atomic E-state index is 5.96. The first-order chi connectivity index (χ1) is 7.21. The largest absolute Gasteiger partial charge is 0.387 e. The first kappa shape index (κ1) is 13.2. The molecule has 2 nitrogen and oxygen atoms in total. The maximum atomic E-state index is 5.96. The Labute approximate surface area is 106 Å². The Kier molecular flexibility index (Phi) is 3.79. The van der Waals surface area contributed by atoms with Crippen molar-refractivity contribution >= 4 is 27.5 Å². The molecule has 0 fully saturated rings. The molecule has 0 aliphatic heterocycles. The summed E-state index contributed by atoms with van der Waals surface area (Å²) in [5.74, 6) is 0.661. The normalized spacial score (nSPS) is 13.0. The minimum absolute atomic E-state index is 0.0884. The van der Waals surface area contributed by atoms with E-state index in [4.69, 9.17) is 5.73 Å². The van der Waals surface area contributed by atoms with Gasteiger partial charge in [0, 0.05) is 9.89 Å². The molecule has 0 amide bonds. The van der Waals surface area contributed by atoms with Gasteiger partial charge in [-0.05, 0) is 37.1 Å². The van der Waals surface area contributed by atoms with Gasteiger partial charge in [0.25, 0.3) is 0 Å². The zero-order chi connectivity index (χ0) is 12.5. The third kappa shape index (κ3) is 3.08. The van der Waals surface area contributed by atoms with Crippen molar-refractivity contribution in [3.8, 4) is 0 Å². The number of nitrogens with zero attached hydrogens (tertiary/aromatic N) is 1. The van der Waals surface area contributed by atoms with Crippen molar-refractivity contribution in [2.45, 2.75) is 34.6 Å². The second kappa shape index (κ2) is 4.58. The summed E-state index contributed by atoms with van der Waals surface area (Å²) in [4.78, 5) is 4.47. The second-order valence-corrected chi connectivity index (χ2v) is 5.93. The Hall–Kier alpha value is -0.830. The van der Waals surface area contributed by atoms with Gasteiger partial charge in [0.15, 0.2) is 0 Å². The van der Waals surface area contributed by atoms with E-state index in [1.807, 2.05) is 12.1 Å². The van der Waals surface area contributed by atoms with Crippen LogP contribution in [0, 0.1) is 19.3 Å². The first-order valence-electron chi connectivity index (χ1n) is 5.33. The third-order valence-electron chi connectivity index (χ3n) is 2.44. The summed E-state index contributed by atoms with van der Waals surface area (Å²) >= 11 is 3.54. The van der Waals surface area contributed by atoms with Crippen molar-refractivity contribution in [2.75, 3.05) is 0 Å². The van der Waals surface area contributed by atoms with Crippen molar-refractivity contribution < 1.29 is 0 Å². The van der Waals surface area contributed by atoms with E-state index in [2.05, 4.69) is 55.5 Å². The van der Waals surface area contributed by atoms with Crippen LogP contribution in [-0.4, -0.2) is 5.84 Å². The van der Waals surface area contributed by atoms with Gasteiger partial charge in [-0.1, -0.05) is 36.7 Å². The van der Waals surface area contributed by atoms with Gasteiger partial charge >= 0.3 is 0 Å². The maximum Gasteiger partial charge on any atom is 0.105 e. The van der Waals surface area contributed by atoms with Crippen molar-refractivity contribution in [1.29, 1.82) is 0 Å². The van der Waals surface area contributed by atoms with Crippen LogP contribution in [0.1, 0.15) is 31.9 Å². The van der Waals surface area contributed by atoms with Gasteiger partial charge in [-0.25, -0.2) is 4.99 Å². The Morgan fingerprint density at radius 1 is 1.19 bits per heavy atom. The lowest BCUT2D eigenvalue weighted by Crippen LogP contribution is -2.28. The van der Waals surface area contributed by atoms with Crippen molar-refractivity contribution in [2.24, 2.45) is 16.1 Å². The molecule has 0 spiro atoms. The number of benzene rings is 1. The molecule has 0 aromatic heterocycles. The fourth-order valence-corrected chi connectivity index (χ4v) is 1.52. The van der Waals surface area contributed by atoms with Crippen molar-refractivity contribution in [1.82, 2.24) is 0 Å². The van der Waals surface area contributed by atoms with E-state index in [0.29, 0.717) is 5.84 Å². The number of rotatable bonds is 1. The van der Waals surface area contributed by atoms with E-state index in [0.717, 1.165) is 10.2 Å². The molecular formula is C13H19BrN2. The standard InChI is InChI=1S/C13H19BrN2/c1-8-6-10(7-9(2)11(8)14)16-12(15)13(3,4)5/h6-7H,1-5H3,(H2,15,16). The summed E-state index contributed by atoms with van der Waals surface area (Å²) in [6, 6.07) is 4.07. The van der Waals surface area contributed by atoms with Crippen LogP contribution >= 0.6 is 15.9 Å². The molecule has 0 aliphatic rings. The predicted molar refractivity (Wildman–Crippen MR) is 74.4 cm³/mol. The fourth-order valence-electron chi connectivity index (χ4n) is 1.29. The molecule has 0 radical (unpaired) electrons. The van der Waals surface area contributed by atoms with E-state index < -0.39 is 0 Å². The molecule has 0 unspecified atom stereocenters. The highest BCUT2D eigenvalue weighted by molar-refractivity contribution is 9.10. The molecule has 0 bridgehead atoms. The van der Waals surface area contributed by atoms with Crippen LogP contribution in [0.3, 0.4) is 0 Å². The van der Waals surface area contributed by atoms with Crippen molar-refractivity contribution in [3.63, 3.8) is 0 Å². The van der Waals surface area contributed by atoms with Crippen LogP contribution in [0.4, 0.5) is 5.69 Å². The fraction of sp³-hybridized carbons (Fsp3) is 0.462. The molecule has 1 aromatic rings. The molecule has 0 saturated carbocycles. The summed E-state index contributed by atoms with van der Waals surface area (Å²) in [6.07, 6.45) is 0. The summed E-state index contributed by atoms with van der Waals surface area (Å²) in [5, 5.41) is 0. The summed E-state index contributed by atoms with van der Waals surface area (Å²) in [5.41, 5.74) is 9.15. The quantitative estimate of drug-likeness (QED) is 0.611. The van der Waals surface area contributed by atoms with Crippen LogP contribution in [0.5, 0.6) is 0 Å². The zero-order valence-corrected chi connectivity index (χ0v) is 12.1. The van der Waals surface area contributed by atoms with Gasteiger partial charge in [-0.3, -0.25) is 0 Å². The molecule has 16 heavy (non-hydrogen) atoms. The smallest absolute Gasteiger partial charge is 0.105 e. The Bertz CT molecular complexity index is 405. The topological polar surface area (TPSA) is 38.4 Å². The first-order valence-corrected chi connectivity index (χ1v) is 6.12. The highest BCUT2D eigenvalue weighted by atomic mass is 79.9. The SMILES string of the molecule is Cc1cc(N=C(N)C(C)(C)C)cc(C)c1Br. The summed E-state index contributed by atoms with van der Waals surface area (Å²) < 4.78 is 1.14. The molecule has 88 valence electrons. The van der Waals surface area contributed by atoms with Crippen molar-refractivity contribution in [3.05, 3.63) is 27.7 Å². The van der Waals surface area contributed by atoms with Crippen LogP contribution < -0.4 is 5.73 Å². The number of amidine groups is 1. The number of hydrogen-bond acceptors (Lipinski definition) is 1. The highest BCUT2D eigenvalue weighted by Gasteiger charge is 2.15. The molecular weight excluding hydrogens is 264 g/mol. The van der Waals surface area contributed by atoms with E-state index in [9.17, 15) is 0 Å². The lowest BCUT2D eigenvalue weighted by Gasteiger charge is -2.17. The van der Waals surface area contributed by atoms with Crippen LogP contribution in [0.15, 0.2) is 21.6 Å². The Morgan fingerprint density at radius 2 is 1.62 bits per heavy atom. The molecule has 2 N–H and O–H groups in total. The number of aliphatic imine (C=N–C) groups is 1. The lowest BCUT2D eigenvalue weighted by atomic mass is 9.95. The molecule has 0 saturated heterocycles. The number of halogens is 1. The molecule has 1 aromatic carbocycles. The molecule has 0 atom stereocenters. The predicted octanol–water partition coefficient (Wildman–Crippen LogP) is 4.10. The number of hydrogen-bond donors (Lipinski definition) is 1. The average molecular weight is 283 g/mol. The summed E-state index contributed by atoms with van der Waals surface area (Å²) in [7, 11) is 0. The van der Waals surface area contributed by atoms with E-state index in [-0.39, 0.29) is 5.41 Å². The Morgan fingerprint density at radius 3 is 2.00 bits per heavy atom. The minimum Gasteiger partial charge on any atom is -0.387 e. The van der Waals surface area contributed by atoms with Gasteiger partial charge in [-0.2, -0.15) is 0 Å². The number of nitrogens with two attached hydrogens (primary N) is 1. The summed E-state index contributed by atoms with van der Waals surface area (Å²) in [6.45, 7) is 10.3. The van der Waals surface area contributed by atoms with Crippen LogP contribution in [0.2, 0.25) is 0 Å². The molecule has 1 rings (SSSR count). The van der Waals surface area contributed by atoms with Crippen LogP contribution in [-0.2, 0) is 0 Å². The molecule has 0 aliphatic carbocycles. The molecule has 3 heteroatoms. The highest BCUT2D eigenvalue weighted by Crippen LogP contribution is 2.27. The van der Waals surface area contributed by atoms with Crippen LogP contribution in [0.25, 0.3) is 0 Å². The lowest BCUT2D eigenvalue weighted by molar-refractivity contribution is 0.585. The monoisotopic (exact) mass is 282 g/mol. The molecule has 0 heterocycles. The second-order valence-electron chi connectivity index (χ2n) is 5.14. The number of aryl methyl sites for hydroxylation is 2. The third-order valence-corrected chi connectivity index (χ3v) is 3.69. The van der Waals surface area contributed by atoms with E-state index in [1.165, 1.54) is 11.1 Å².